The molecule has 2 aliphatic rings. The quantitative estimate of drug-likeness (QED) is 0.0283. The van der Waals surface area contributed by atoms with E-state index >= 15 is 0 Å². The lowest BCUT2D eigenvalue weighted by Gasteiger charge is -2.32. The molecular weight excluding hydrogens is 849 g/mol. The van der Waals surface area contributed by atoms with Crippen molar-refractivity contribution in [3.05, 3.63) is 29.8 Å². The van der Waals surface area contributed by atoms with E-state index in [1.54, 1.807) is 13.8 Å². The van der Waals surface area contributed by atoms with Crippen LogP contribution in [0, 0.1) is 5.92 Å². The van der Waals surface area contributed by atoms with E-state index in [-0.39, 0.29) is 69.9 Å². The molecule has 360 valence electrons. The third-order valence-corrected chi connectivity index (χ3v) is 11.5. The number of aromatic hydroxyl groups is 1. The van der Waals surface area contributed by atoms with Crippen molar-refractivity contribution in [2.24, 2.45) is 33.8 Å². The topological polar surface area (TPSA) is 377 Å². The van der Waals surface area contributed by atoms with Gasteiger partial charge in [0.1, 0.15) is 48.0 Å². The number of amides is 8. The highest BCUT2D eigenvalue weighted by molar-refractivity contribution is 5.98. The molecule has 9 atom stereocenters. The van der Waals surface area contributed by atoms with Crippen LogP contribution in [0.1, 0.15) is 91.0 Å². The van der Waals surface area contributed by atoms with Crippen molar-refractivity contribution in [3.8, 4) is 5.75 Å². The van der Waals surface area contributed by atoms with Gasteiger partial charge in [-0.3, -0.25) is 43.3 Å². The number of guanidine groups is 1. The second kappa shape index (κ2) is 25.1. The van der Waals surface area contributed by atoms with Gasteiger partial charge in [0.2, 0.25) is 47.3 Å². The number of hydrogen-bond acceptors (Lipinski definition) is 12. The van der Waals surface area contributed by atoms with Crippen molar-refractivity contribution in [2.75, 3.05) is 19.6 Å². The maximum Gasteiger partial charge on any atom is 0.326 e. The van der Waals surface area contributed by atoms with Gasteiger partial charge in [0.15, 0.2) is 5.96 Å². The van der Waals surface area contributed by atoms with E-state index in [0.29, 0.717) is 31.2 Å². The monoisotopic (exact) mass is 914 g/mol. The lowest BCUT2D eigenvalue weighted by Crippen LogP contribution is -2.59. The molecule has 23 nitrogen and oxygen atoms in total. The average Bonchev–Trinajstić information content (AvgIpc) is 3.96. The van der Waals surface area contributed by atoms with E-state index < -0.39 is 107 Å². The number of primary amides is 1. The highest BCUT2D eigenvalue weighted by atomic mass is 16.4. The minimum Gasteiger partial charge on any atom is -0.508 e. The summed E-state index contributed by atoms with van der Waals surface area (Å²) in [6.07, 6.45) is 2.11. The molecule has 0 aromatic heterocycles. The molecule has 0 unspecified atom stereocenters. The van der Waals surface area contributed by atoms with Gasteiger partial charge >= 0.3 is 5.97 Å². The highest BCUT2D eigenvalue weighted by Gasteiger charge is 2.43. The van der Waals surface area contributed by atoms with Crippen LogP contribution < -0.4 is 49.5 Å². The Morgan fingerprint density at radius 1 is 0.754 bits per heavy atom. The molecular formula is C42H66N12O11. The summed E-state index contributed by atoms with van der Waals surface area (Å²) in [7, 11) is 0. The second-order valence-corrected chi connectivity index (χ2v) is 16.6. The molecule has 65 heavy (non-hydrogen) atoms. The predicted octanol–water partition coefficient (Wildman–Crippen LogP) is -2.84. The fourth-order valence-corrected chi connectivity index (χ4v) is 7.55. The third kappa shape index (κ3) is 15.9. The Kier molecular flexibility index (Phi) is 20.4. The number of hydrogen-bond donors (Lipinski definition) is 11. The maximum atomic E-state index is 13.9. The smallest absolute Gasteiger partial charge is 0.326 e. The van der Waals surface area contributed by atoms with E-state index in [2.05, 4.69) is 31.6 Å². The normalized spacial score (nSPS) is 19.0. The number of nitrogens with two attached hydrogens (primary N) is 4. The number of aliphatic carboxylic acids is 1. The molecule has 3 rings (SSSR count). The van der Waals surface area contributed by atoms with Crippen LogP contribution in [0.15, 0.2) is 29.3 Å². The first kappa shape index (κ1) is 52.8. The number of carboxylic acid groups (broad SMARTS) is 1. The Bertz CT molecular complexity index is 1910. The first-order valence-corrected chi connectivity index (χ1v) is 21.9. The van der Waals surface area contributed by atoms with Gasteiger partial charge in [0.25, 0.3) is 0 Å². The number of carboxylic acids is 1. The van der Waals surface area contributed by atoms with E-state index in [0.717, 1.165) is 0 Å². The zero-order valence-electron chi connectivity index (χ0n) is 37.4. The van der Waals surface area contributed by atoms with Crippen molar-refractivity contribution >= 4 is 59.2 Å². The number of rotatable bonds is 24. The number of phenols is 1. The minimum atomic E-state index is -1.36. The molecule has 8 amide bonds. The summed E-state index contributed by atoms with van der Waals surface area (Å²) in [5.41, 5.74) is 22.7. The van der Waals surface area contributed by atoms with Crippen molar-refractivity contribution in [2.45, 2.75) is 140 Å². The Balaban J connectivity index is 1.66. The lowest BCUT2D eigenvalue weighted by molar-refractivity contribution is -0.147. The fraction of sp³-hybridized carbons (Fsp3) is 0.619. The van der Waals surface area contributed by atoms with Gasteiger partial charge in [-0.25, -0.2) is 4.79 Å². The van der Waals surface area contributed by atoms with Crippen LogP contribution in [0.4, 0.5) is 0 Å². The Morgan fingerprint density at radius 2 is 1.34 bits per heavy atom. The van der Waals surface area contributed by atoms with Crippen molar-refractivity contribution in [1.82, 2.24) is 36.4 Å². The molecule has 2 fully saturated rings. The van der Waals surface area contributed by atoms with Crippen molar-refractivity contribution < 1.29 is 53.4 Å². The van der Waals surface area contributed by atoms with Crippen LogP contribution in [0.5, 0.6) is 5.75 Å². The predicted molar refractivity (Wildman–Crippen MR) is 236 cm³/mol. The lowest BCUT2D eigenvalue weighted by atomic mass is 9.97. The van der Waals surface area contributed by atoms with Crippen molar-refractivity contribution in [1.29, 1.82) is 0 Å². The number of nitrogens with one attached hydrogen (secondary N) is 5. The largest absolute Gasteiger partial charge is 0.508 e. The van der Waals surface area contributed by atoms with E-state index in [1.807, 2.05) is 0 Å². The van der Waals surface area contributed by atoms with Gasteiger partial charge in [-0.2, -0.15) is 0 Å². The summed E-state index contributed by atoms with van der Waals surface area (Å²) in [4.78, 5) is 125. The summed E-state index contributed by atoms with van der Waals surface area (Å²) >= 11 is 0. The van der Waals surface area contributed by atoms with E-state index in [1.165, 1.54) is 47.9 Å². The molecule has 0 aliphatic carbocycles. The fourth-order valence-electron chi connectivity index (χ4n) is 7.55. The summed E-state index contributed by atoms with van der Waals surface area (Å²) in [6.45, 7) is 6.79. The zero-order chi connectivity index (χ0) is 48.5. The molecule has 2 heterocycles. The van der Waals surface area contributed by atoms with Crippen LogP contribution in [-0.2, 0) is 49.6 Å². The average molecular weight is 915 g/mol. The van der Waals surface area contributed by atoms with E-state index in [4.69, 9.17) is 22.9 Å². The maximum absolute atomic E-state index is 13.9. The number of aliphatic imine (C=N–C) groups is 1. The first-order valence-electron chi connectivity index (χ1n) is 21.9. The molecule has 1 aromatic carbocycles. The second-order valence-electron chi connectivity index (χ2n) is 16.6. The first-order chi connectivity index (χ1) is 30.6. The van der Waals surface area contributed by atoms with E-state index in [9.17, 15) is 53.4 Å². The van der Waals surface area contributed by atoms with Crippen LogP contribution in [-0.4, -0.2) is 147 Å². The number of phenolic OH excluding ortho intramolecular Hbond substituents is 1. The molecule has 0 spiro atoms. The Labute approximate surface area is 377 Å². The third-order valence-electron chi connectivity index (χ3n) is 11.5. The molecule has 0 radical (unpaired) electrons. The van der Waals surface area contributed by atoms with Crippen LogP contribution in [0.2, 0.25) is 0 Å². The van der Waals surface area contributed by atoms with Gasteiger partial charge in [-0.05, 0) is 82.4 Å². The van der Waals surface area contributed by atoms with Gasteiger partial charge in [-0.1, -0.05) is 32.4 Å². The zero-order valence-corrected chi connectivity index (χ0v) is 37.4. The standard InChI is InChI=1S/C42H66N12O11/c1-5-22(2)33(38(61)51-29(41(64)65)21-25-12-14-26(55)15-13-25)52-35(58)24(4)48-34(57)23(3)49-36(59)28(9-6-18-47-42(45)46)50-37(60)30-10-7-19-53(30)40(63)31-11-8-20-54(31)39(62)27(43)16-17-32(44)56/h12-15,22-24,27-31,33,55H,5-11,16-21,43H2,1-4H3,(H2,44,56)(H,48,57)(H,49,59)(H,50,60)(H,51,61)(H,52,58)(H,64,65)(H4,45,46,47)/t22-,23-,24-,27-,28-,29-,30-,31-,33-/m0/s1. The molecule has 0 saturated carbocycles. The minimum absolute atomic E-state index is 0.0126. The Morgan fingerprint density at radius 3 is 1.92 bits per heavy atom. The number of benzene rings is 1. The summed E-state index contributed by atoms with van der Waals surface area (Å²) < 4.78 is 0. The number of carbonyl (C=O) groups excluding carboxylic acids is 8. The number of likely N-dealkylation sites (tertiary alicyclic amines) is 2. The molecule has 1 aromatic rings. The van der Waals surface area contributed by atoms with Gasteiger partial charge in [0, 0.05) is 32.5 Å². The summed E-state index contributed by atoms with van der Waals surface area (Å²) in [6, 6.07) is -3.32. The number of carbonyl (C=O) groups is 9. The van der Waals surface area contributed by atoms with Crippen LogP contribution in [0.25, 0.3) is 0 Å². The Hall–Kier alpha value is -6.52. The molecule has 0 bridgehead atoms. The molecule has 2 aliphatic heterocycles. The molecule has 15 N–H and O–H groups in total. The van der Waals surface area contributed by atoms with Gasteiger partial charge in [-0.15, -0.1) is 0 Å². The summed E-state index contributed by atoms with van der Waals surface area (Å²) in [5.74, 6) is -7.22. The highest BCUT2D eigenvalue weighted by Crippen LogP contribution is 2.26. The van der Waals surface area contributed by atoms with Crippen molar-refractivity contribution in [3.63, 3.8) is 0 Å². The summed E-state index contributed by atoms with van der Waals surface area (Å²) in [5, 5.41) is 32.2. The molecule has 2 saturated heterocycles. The van der Waals surface area contributed by atoms with Gasteiger partial charge in [0.05, 0.1) is 6.04 Å². The van der Waals surface area contributed by atoms with Crippen LogP contribution >= 0.6 is 0 Å². The SMILES string of the molecule is CC[C@H](C)[C@H](NC(=O)[C@H](C)NC(=O)[C@H](C)NC(=O)[C@H](CCCN=C(N)N)NC(=O)[C@@H]1CCCN1C(=O)[C@@H]1CCCN1C(=O)[C@@H](N)CCC(N)=O)C(=O)N[C@@H](Cc1ccc(O)cc1)C(=O)O. The van der Waals surface area contributed by atoms with Crippen LogP contribution in [0.3, 0.4) is 0 Å². The van der Waals surface area contributed by atoms with Gasteiger partial charge < -0.3 is 69.5 Å². The number of nitrogens with zero attached hydrogens (tertiary/aromatic N) is 3. The molecule has 23 heteroatoms.